The molecule has 0 spiro atoms. The van der Waals surface area contributed by atoms with Crippen LogP contribution in [0.4, 0.5) is 17.1 Å². The number of hydrogen-bond donors (Lipinski definition) is 0. The maximum atomic E-state index is 2.53. The Kier molecular flexibility index (Phi) is 8.40. The van der Waals surface area contributed by atoms with Crippen LogP contribution in [0.3, 0.4) is 0 Å². The van der Waals surface area contributed by atoms with Gasteiger partial charge in [-0.3, -0.25) is 0 Å². The Bertz CT molecular complexity index is 4110. The lowest BCUT2D eigenvalue weighted by atomic mass is 9.82. The SMILES string of the molecule is CC1(C)c2ccccc2-c2ccc(N(c3ccc(-c4ccccc4)cc3)c3ccc(-c4cc5c6ccccc6n(-c6ccc7sc8ccccc8c7c6)c5c5c4sc4ccccc45)cc3)cc21. The molecule has 0 radical (unpaired) electrons. The molecule has 13 aromatic rings. The van der Waals surface area contributed by atoms with Gasteiger partial charge in [-0.15, -0.1) is 22.7 Å². The van der Waals surface area contributed by atoms with Crippen molar-refractivity contribution in [2.45, 2.75) is 19.3 Å². The van der Waals surface area contributed by atoms with Gasteiger partial charge in [-0.25, -0.2) is 0 Å². The fourth-order valence-electron chi connectivity index (χ4n) is 11.2. The zero-order valence-electron chi connectivity index (χ0n) is 37.0. The quantitative estimate of drug-likeness (QED) is 0.161. The van der Waals surface area contributed by atoms with E-state index in [0.29, 0.717) is 0 Å². The molecule has 14 rings (SSSR count). The predicted molar refractivity (Wildman–Crippen MR) is 290 cm³/mol. The molecule has 67 heavy (non-hydrogen) atoms. The molecule has 0 unspecified atom stereocenters. The molecule has 0 amide bonds. The molecule has 0 saturated carbocycles. The van der Waals surface area contributed by atoms with Crippen molar-refractivity contribution in [1.29, 1.82) is 0 Å². The van der Waals surface area contributed by atoms with Crippen molar-refractivity contribution in [3.8, 4) is 39.1 Å². The van der Waals surface area contributed by atoms with Gasteiger partial charge in [-0.2, -0.15) is 0 Å². The highest BCUT2D eigenvalue weighted by Gasteiger charge is 2.36. The average molecular weight is 891 g/mol. The Balaban J connectivity index is 0.952. The molecule has 316 valence electrons. The molecule has 0 saturated heterocycles. The van der Waals surface area contributed by atoms with Crippen LogP contribution >= 0.6 is 22.7 Å². The van der Waals surface area contributed by atoms with Crippen molar-refractivity contribution in [2.75, 3.05) is 4.90 Å². The molecule has 3 aromatic heterocycles. The molecular formula is C63H42N2S2. The standard InChI is InChI=1S/C63H42N2S2/c1-63(2)54-20-10-6-16-46(54)47-34-32-45(37-55(47)63)64(42-28-24-40(25-29-42)39-14-4-3-5-15-39)43-30-26-41(27-31-43)51-38-53-48-17-7-11-21-56(48)65(61(53)60-50-19-9-13-23-58(50)67-62(51)60)44-33-35-59-52(36-44)49-18-8-12-22-57(49)66-59/h3-38H,1-2H3. The molecule has 2 nitrogen and oxygen atoms in total. The monoisotopic (exact) mass is 890 g/mol. The normalized spacial score (nSPS) is 13.0. The van der Waals surface area contributed by atoms with Crippen molar-refractivity contribution in [3.05, 3.63) is 230 Å². The van der Waals surface area contributed by atoms with Gasteiger partial charge in [0.2, 0.25) is 0 Å². The van der Waals surface area contributed by atoms with Crippen molar-refractivity contribution < 1.29 is 0 Å². The topological polar surface area (TPSA) is 8.17 Å². The average Bonchev–Trinajstić information content (AvgIpc) is 4.11. The summed E-state index contributed by atoms with van der Waals surface area (Å²) in [5.74, 6) is 0. The largest absolute Gasteiger partial charge is 0.310 e. The highest BCUT2D eigenvalue weighted by Crippen LogP contribution is 2.52. The number of para-hydroxylation sites is 1. The first-order valence-electron chi connectivity index (χ1n) is 23.1. The molecule has 10 aromatic carbocycles. The molecule has 0 fully saturated rings. The fourth-order valence-corrected chi connectivity index (χ4v) is 13.5. The number of thiophene rings is 2. The van der Waals surface area contributed by atoms with Gasteiger partial charge in [0.1, 0.15) is 0 Å². The Morgan fingerprint density at radius 2 is 0.985 bits per heavy atom. The van der Waals surface area contributed by atoms with E-state index in [4.69, 9.17) is 0 Å². The van der Waals surface area contributed by atoms with E-state index in [2.05, 4.69) is 242 Å². The smallest absolute Gasteiger partial charge is 0.0634 e. The zero-order valence-corrected chi connectivity index (χ0v) is 38.6. The Labute approximate surface area is 396 Å². The van der Waals surface area contributed by atoms with Crippen molar-refractivity contribution in [3.63, 3.8) is 0 Å². The van der Waals surface area contributed by atoms with Gasteiger partial charge in [0, 0.05) is 84.8 Å². The third kappa shape index (κ3) is 5.80. The lowest BCUT2D eigenvalue weighted by Gasteiger charge is -2.28. The third-order valence-corrected chi connectivity index (χ3v) is 16.7. The summed E-state index contributed by atoms with van der Waals surface area (Å²) in [6, 6.07) is 81.2. The summed E-state index contributed by atoms with van der Waals surface area (Å²) in [5, 5.41) is 7.75. The van der Waals surface area contributed by atoms with Gasteiger partial charge in [-0.05, 0) is 118 Å². The predicted octanol–water partition coefficient (Wildman–Crippen LogP) is 18.6. The first-order valence-corrected chi connectivity index (χ1v) is 24.7. The van der Waals surface area contributed by atoms with Crippen molar-refractivity contribution in [2.24, 2.45) is 0 Å². The number of anilines is 3. The number of fused-ring (bicyclic) bond motifs is 13. The molecule has 0 bridgehead atoms. The van der Waals surface area contributed by atoms with Crippen LogP contribution in [-0.4, -0.2) is 4.57 Å². The van der Waals surface area contributed by atoms with Crippen LogP contribution < -0.4 is 4.90 Å². The molecule has 0 atom stereocenters. The first-order chi connectivity index (χ1) is 33.0. The molecule has 1 aliphatic carbocycles. The van der Waals surface area contributed by atoms with Crippen LogP contribution in [-0.2, 0) is 5.41 Å². The van der Waals surface area contributed by atoms with E-state index in [1.54, 1.807) is 0 Å². The van der Waals surface area contributed by atoms with Crippen LogP contribution in [0.1, 0.15) is 25.0 Å². The molecule has 1 aliphatic rings. The van der Waals surface area contributed by atoms with Gasteiger partial charge in [0.15, 0.2) is 0 Å². The fraction of sp³-hybridized carbons (Fsp3) is 0.0476. The van der Waals surface area contributed by atoms with Crippen LogP contribution in [0.5, 0.6) is 0 Å². The molecule has 0 aliphatic heterocycles. The Morgan fingerprint density at radius 1 is 0.388 bits per heavy atom. The summed E-state index contributed by atoms with van der Waals surface area (Å²) in [4.78, 5) is 2.43. The minimum absolute atomic E-state index is 0.114. The molecule has 0 N–H and O–H groups in total. The van der Waals surface area contributed by atoms with Gasteiger partial charge < -0.3 is 9.47 Å². The summed E-state index contributed by atoms with van der Waals surface area (Å²) < 4.78 is 7.77. The van der Waals surface area contributed by atoms with Gasteiger partial charge in [0.05, 0.1) is 11.0 Å². The summed E-state index contributed by atoms with van der Waals surface area (Å²) in [7, 11) is 0. The number of benzene rings is 10. The number of nitrogens with zero attached hydrogens (tertiary/aromatic N) is 2. The Hall–Kier alpha value is -7.76. The summed E-state index contributed by atoms with van der Waals surface area (Å²) >= 11 is 3.78. The van der Waals surface area contributed by atoms with E-state index in [-0.39, 0.29) is 5.41 Å². The lowest BCUT2D eigenvalue weighted by molar-refractivity contribution is 0.660. The maximum absolute atomic E-state index is 2.53. The summed E-state index contributed by atoms with van der Waals surface area (Å²) in [5.41, 5.74) is 17.2. The minimum Gasteiger partial charge on any atom is -0.310 e. The second kappa shape index (κ2) is 14.6. The van der Waals surface area contributed by atoms with Crippen LogP contribution in [0.2, 0.25) is 0 Å². The highest BCUT2D eigenvalue weighted by atomic mass is 32.1. The zero-order chi connectivity index (χ0) is 44.4. The van der Waals surface area contributed by atoms with E-state index in [1.807, 2.05) is 22.7 Å². The minimum atomic E-state index is -0.114. The number of rotatable bonds is 6. The van der Waals surface area contributed by atoms with Crippen LogP contribution in [0, 0.1) is 0 Å². The number of hydrogen-bond acceptors (Lipinski definition) is 3. The highest BCUT2D eigenvalue weighted by molar-refractivity contribution is 7.26. The molecule has 3 heterocycles. The van der Waals surface area contributed by atoms with Gasteiger partial charge in [0.25, 0.3) is 0 Å². The Morgan fingerprint density at radius 3 is 1.78 bits per heavy atom. The van der Waals surface area contributed by atoms with Crippen molar-refractivity contribution >= 4 is 102 Å². The van der Waals surface area contributed by atoms with E-state index in [9.17, 15) is 0 Å². The van der Waals surface area contributed by atoms with Gasteiger partial charge in [-0.1, -0.05) is 153 Å². The summed E-state index contributed by atoms with van der Waals surface area (Å²) in [6.45, 7) is 4.73. The van der Waals surface area contributed by atoms with E-state index < -0.39 is 0 Å². The molecule has 4 heteroatoms. The molecular weight excluding hydrogens is 849 g/mol. The lowest BCUT2D eigenvalue weighted by Crippen LogP contribution is -2.16. The number of aromatic nitrogens is 1. The van der Waals surface area contributed by atoms with E-state index in [0.717, 1.165) is 17.1 Å². The second-order valence-electron chi connectivity index (χ2n) is 18.4. The first kappa shape index (κ1) is 38.5. The van der Waals surface area contributed by atoms with Gasteiger partial charge >= 0.3 is 0 Å². The van der Waals surface area contributed by atoms with Crippen LogP contribution in [0.15, 0.2) is 218 Å². The van der Waals surface area contributed by atoms with Crippen LogP contribution in [0.25, 0.3) is 101 Å². The maximum Gasteiger partial charge on any atom is 0.0634 e. The van der Waals surface area contributed by atoms with E-state index >= 15 is 0 Å². The van der Waals surface area contributed by atoms with E-state index in [1.165, 1.54) is 112 Å². The second-order valence-corrected chi connectivity index (χ2v) is 20.6. The third-order valence-electron chi connectivity index (χ3n) is 14.4. The summed E-state index contributed by atoms with van der Waals surface area (Å²) in [6.07, 6.45) is 0. The van der Waals surface area contributed by atoms with Crippen molar-refractivity contribution in [1.82, 2.24) is 4.57 Å².